The van der Waals surface area contributed by atoms with E-state index in [9.17, 15) is 34.8 Å². The molecule has 1 fully saturated rings. The minimum absolute atomic E-state index is 0.0173. The molecule has 5 rings (SSSR count). The number of hydrogen-bond donors (Lipinski definition) is 6. The normalized spacial score (nSPS) is 29.8. The van der Waals surface area contributed by atoms with Gasteiger partial charge in [0.15, 0.2) is 11.4 Å². The number of halogens is 1. The molecule has 0 unspecified atom stereocenters. The number of ketones is 2. The Morgan fingerprint density at radius 3 is 2.42 bits per heavy atom. The molecule has 4 atom stereocenters. The standard InChI is InChI=1S/C29H36ClN3O7/c1-28(7-5-4-6-8-28)32-12-14-11-17(34)19-15(21(14)30)9-13-10-16-22(33(2)3)24(36)20(27(31)39)26(38)29(16,40)25(37)18(13)23(19)35/h11,13,16,22,32,34,36-37,40H,4-10,12H2,1-3H3,(H2,31,39)/t13-,16-,22-,29-/m0/s1. The molecule has 0 aliphatic heterocycles. The lowest BCUT2D eigenvalue weighted by Gasteiger charge is -2.50. The van der Waals surface area contributed by atoms with E-state index in [4.69, 9.17) is 17.3 Å². The molecule has 0 heterocycles. The molecule has 0 bridgehead atoms. The van der Waals surface area contributed by atoms with Crippen LogP contribution in [-0.2, 0) is 22.6 Å². The number of aromatic hydroxyl groups is 1. The lowest BCUT2D eigenvalue weighted by Crippen LogP contribution is -2.63. The highest BCUT2D eigenvalue weighted by Crippen LogP contribution is 2.53. The Balaban J connectivity index is 1.58. The van der Waals surface area contributed by atoms with Crippen molar-refractivity contribution >= 4 is 29.1 Å². The number of allylic oxidation sites excluding steroid dienone is 1. The maximum Gasteiger partial charge on any atom is 0.255 e. The number of nitrogens with one attached hydrogen (secondary N) is 1. The van der Waals surface area contributed by atoms with Gasteiger partial charge >= 0.3 is 0 Å². The third-order valence-electron chi connectivity index (χ3n) is 9.39. The van der Waals surface area contributed by atoms with Crippen LogP contribution in [0.25, 0.3) is 0 Å². The summed E-state index contributed by atoms with van der Waals surface area (Å²) in [7, 11) is 3.18. The van der Waals surface area contributed by atoms with Gasteiger partial charge in [-0.1, -0.05) is 30.9 Å². The molecule has 11 heteroatoms. The maximum atomic E-state index is 13.8. The summed E-state index contributed by atoms with van der Waals surface area (Å²) in [5, 5.41) is 48.8. The topological polar surface area (TPSA) is 173 Å². The number of rotatable bonds is 5. The molecule has 4 aliphatic rings. The predicted octanol–water partition coefficient (Wildman–Crippen LogP) is 2.59. The summed E-state index contributed by atoms with van der Waals surface area (Å²) in [5.74, 6) is -6.81. The molecule has 4 aliphatic carbocycles. The number of phenolic OH excluding ortho intramolecular Hbond substituents is 1. The van der Waals surface area contributed by atoms with Crippen molar-refractivity contribution in [2.45, 2.75) is 75.6 Å². The molecule has 10 nitrogen and oxygen atoms in total. The van der Waals surface area contributed by atoms with Crippen LogP contribution >= 0.6 is 11.6 Å². The number of aliphatic hydroxyl groups excluding tert-OH is 2. The number of amides is 1. The lowest BCUT2D eigenvalue weighted by atomic mass is 9.58. The quantitative estimate of drug-likeness (QED) is 0.289. The van der Waals surface area contributed by atoms with Gasteiger partial charge in [0.25, 0.3) is 5.91 Å². The highest BCUT2D eigenvalue weighted by molar-refractivity contribution is 6.33. The third-order valence-corrected chi connectivity index (χ3v) is 9.86. The average Bonchev–Trinajstić information content (AvgIpc) is 2.87. The van der Waals surface area contributed by atoms with Crippen molar-refractivity contribution in [2.75, 3.05) is 14.1 Å². The Morgan fingerprint density at radius 1 is 1.18 bits per heavy atom. The van der Waals surface area contributed by atoms with Crippen LogP contribution in [0.15, 0.2) is 28.7 Å². The fraction of sp³-hybridized carbons (Fsp3) is 0.552. The number of phenols is 1. The van der Waals surface area contributed by atoms with Crippen LogP contribution in [0.2, 0.25) is 5.02 Å². The number of primary amides is 1. The van der Waals surface area contributed by atoms with E-state index in [-0.39, 0.29) is 35.3 Å². The molecule has 1 aromatic carbocycles. The van der Waals surface area contributed by atoms with Gasteiger partial charge in [-0.05, 0) is 69.8 Å². The van der Waals surface area contributed by atoms with E-state index in [0.29, 0.717) is 22.7 Å². The van der Waals surface area contributed by atoms with Gasteiger partial charge in [-0.15, -0.1) is 0 Å². The van der Waals surface area contributed by atoms with Crippen LogP contribution in [0, 0.1) is 11.8 Å². The third kappa shape index (κ3) is 4.15. The smallest absolute Gasteiger partial charge is 0.255 e. The molecule has 216 valence electrons. The van der Waals surface area contributed by atoms with Crippen LogP contribution in [0.1, 0.15) is 66.9 Å². The summed E-state index contributed by atoms with van der Waals surface area (Å²) in [4.78, 5) is 40.8. The monoisotopic (exact) mass is 573 g/mol. The Morgan fingerprint density at radius 2 is 1.82 bits per heavy atom. The largest absolute Gasteiger partial charge is 0.510 e. The number of likely N-dealkylation sites (N-methyl/N-ethyl adjacent to an activating group) is 1. The van der Waals surface area contributed by atoms with Crippen molar-refractivity contribution in [1.82, 2.24) is 10.2 Å². The van der Waals surface area contributed by atoms with Gasteiger partial charge in [0.05, 0.1) is 11.6 Å². The van der Waals surface area contributed by atoms with Gasteiger partial charge in [0.1, 0.15) is 22.8 Å². The Kier molecular flexibility index (Phi) is 7.06. The fourth-order valence-corrected chi connectivity index (χ4v) is 7.59. The van der Waals surface area contributed by atoms with Gasteiger partial charge < -0.3 is 31.5 Å². The van der Waals surface area contributed by atoms with Crippen molar-refractivity contribution in [1.29, 1.82) is 0 Å². The number of aliphatic hydroxyl groups is 3. The summed E-state index contributed by atoms with van der Waals surface area (Å²) in [6.07, 6.45) is 5.72. The summed E-state index contributed by atoms with van der Waals surface area (Å²) in [6.45, 7) is 2.57. The summed E-state index contributed by atoms with van der Waals surface area (Å²) in [6, 6.07) is 0.400. The SMILES string of the molecule is CN(C)[C@@H]1C(O)=C(C(N)=O)C(=O)[C@@]2(O)C(O)=C3C(=O)c4c(O)cc(CNC5(C)CCCCC5)c(Cl)c4C[C@H]3C[C@@H]12. The van der Waals surface area contributed by atoms with Gasteiger partial charge in [-0.3, -0.25) is 19.3 Å². The van der Waals surface area contributed by atoms with Crippen molar-refractivity contribution < 1.29 is 34.8 Å². The molecule has 1 aromatic rings. The minimum Gasteiger partial charge on any atom is -0.510 e. The molecule has 1 saturated carbocycles. The first-order valence-corrected chi connectivity index (χ1v) is 14.0. The first-order chi connectivity index (χ1) is 18.7. The van der Waals surface area contributed by atoms with E-state index in [2.05, 4.69) is 12.2 Å². The molecule has 0 aromatic heterocycles. The highest BCUT2D eigenvalue weighted by Gasteiger charge is 2.63. The molecule has 7 N–H and O–H groups in total. The summed E-state index contributed by atoms with van der Waals surface area (Å²) < 4.78 is 0. The van der Waals surface area contributed by atoms with Crippen LogP contribution in [0.3, 0.4) is 0 Å². The van der Waals surface area contributed by atoms with Gasteiger partial charge in [-0.25, -0.2) is 0 Å². The molecule has 40 heavy (non-hydrogen) atoms. The number of hydrogen-bond acceptors (Lipinski definition) is 9. The number of carbonyl (C=O) groups excluding carboxylic acids is 3. The fourth-order valence-electron chi connectivity index (χ4n) is 7.30. The summed E-state index contributed by atoms with van der Waals surface area (Å²) in [5.41, 5.74) is 2.62. The predicted molar refractivity (Wildman–Crippen MR) is 147 cm³/mol. The Bertz CT molecular complexity index is 1380. The zero-order chi connectivity index (χ0) is 29.3. The average molecular weight is 574 g/mol. The van der Waals surface area contributed by atoms with Crippen LogP contribution in [-0.4, -0.2) is 74.1 Å². The second-order valence-corrected chi connectivity index (χ2v) is 12.5. The van der Waals surface area contributed by atoms with Gasteiger partial charge in [-0.2, -0.15) is 0 Å². The number of nitrogens with two attached hydrogens (primary N) is 1. The Hall–Kier alpha value is -2.92. The second-order valence-electron chi connectivity index (χ2n) is 12.2. The number of Topliss-reactive ketones (excluding diaryl/α,β-unsaturated/α-hetero) is 2. The number of benzene rings is 1. The molecular formula is C29H36ClN3O7. The zero-order valence-corrected chi connectivity index (χ0v) is 23.6. The van der Waals surface area contributed by atoms with E-state index in [1.807, 2.05) is 0 Å². The van der Waals surface area contributed by atoms with Crippen molar-refractivity contribution in [3.63, 3.8) is 0 Å². The lowest BCUT2D eigenvalue weighted by molar-refractivity contribution is -0.148. The molecule has 0 spiro atoms. The maximum absolute atomic E-state index is 13.8. The van der Waals surface area contributed by atoms with Crippen LogP contribution in [0.5, 0.6) is 5.75 Å². The number of fused-ring (bicyclic) bond motifs is 3. The second kappa shape index (κ2) is 9.87. The zero-order valence-electron chi connectivity index (χ0n) is 22.9. The number of nitrogens with zero attached hydrogens (tertiary/aromatic N) is 1. The van der Waals surface area contributed by atoms with E-state index in [0.717, 1.165) is 25.7 Å². The van der Waals surface area contributed by atoms with E-state index in [1.165, 1.54) is 17.4 Å². The van der Waals surface area contributed by atoms with E-state index in [1.54, 1.807) is 14.1 Å². The van der Waals surface area contributed by atoms with Crippen LogP contribution < -0.4 is 11.1 Å². The molecule has 1 amide bonds. The highest BCUT2D eigenvalue weighted by atomic mass is 35.5. The number of carbonyl (C=O) groups is 3. The van der Waals surface area contributed by atoms with E-state index >= 15 is 0 Å². The Labute approximate surface area is 237 Å². The van der Waals surface area contributed by atoms with E-state index < -0.39 is 58.0 Å². The molecule has 0 radical (unpaired) electrons. The first-order valence-electron chi connectivity index (χ1n) is 13.7. The van der Waals surface area contributed by atoms with Crippen molar-refractivity contribution in [3.8, 4) is 5.75 Å². The minimum atomic E-state index is -2.66. The molecular weight excluding hydrogens is 538 g/mol. The van der Waals surface area contributed by atoms with Gasteiger partial charge in [0.2, 0.25) is 5.78 Å². The van der Waals surface area contributed by atoms with Crippen LogP contribution in [0.4, 0.5) is 0 Å². The van der Waals surface area contributed by atoms with Gasteiger partial charge in [0, 0.05) is 28.6 Å². The van der Waals surface area contributed by atoms with Crippen molar-refractivity contribution in [3.05, 3.63) is 50.4 Å². The molecule has 0 saturated heterocycles. The first kappa shape index (κ1) is 28.6. The summed E-state index contributed by atoms with van der Waals surface area (Å²) >= 11 is 6.85. The van der Waals surface area contributed by atoms with Crippen molar-refractivity contribution in [2.24, 2.45) is 17.6 Å².